The SMILES string of the molecule is CCOC(=O)C1CCCN(C(=O)c2nn(-c3ccc(C)cc3)c(=O)n(Cc3cccnc3)c2=O)C1. The number of rotatable bonds is 6. The van der Waals surface area contributed by atoms with Crippen LogP contribution in [0.4, 0.5) is 0 Å². The number of aromatic nitrogens is 4. The summed E-state index contributed by atoms with van der Waals surface area (Å²) in [6, 6.07) is 10.5. The van der Waals surface area contributed by atoms with Gasteiger partial charge in [-0.2, -0.15) is 9.78 Å². The summed E-state index contributed by atoms with van der Waals surface area (Å²) in [7, 11) is 0. The molecule has 0 aliphatic carbocycles. The van der Waals surface area contributed by atoms with Gasteiger partial charge in [-0.3, -0.25) is 23.9 Å². The molecule has 0 bridgehead atoms. The van der Waals surface area contributed by atoms with Gasteiger partial charge in [-0.1, -0.05) is 23.8 Å². The van der Waals surface area contributed by atoms with E-state index >= 15 is 0 Å². The topological polar surface area (TPSA) is 116 Å². The first kappa shape index (κ1) is 24.1. The van der Waals surface area contributed by atoms with Crippen LogP contribution in [-0.2, 0) is 16.1 Å². The zero-order valence-electron chi connectivity index (χ0n) is 19.7. The minimum atomic E-state index is -0.787. The predicted molar refractivity (Wildman–Crippen MR) is 127 cm³/mol. The summed E-state index contributed by atoms with van der Waals surface area (Å²) < 4.78 is 7.17. The highest BCUT2D eigenvalue weighted by Gasteiger charge is 2.32. The molecule has 1 aliphatic heterocycles. The molecule has 4 rings (SSSR count). The molecule has 0 radical (unpaired) electrons. The Kier molecular flexibility index (Phi) is 7.19. The number of esters is 1. The van der Waals surface area contributed by atoms with Gasteiger partial charge in [0.2, 0.25) is 5.69 Å². The number of carbonyl (C=O) groups excluding carboxylic acids is 2. The number of hydrogen-bond donors (Lipinski definition) is 0. The summed E-state index contributed by atoms with van der Waals surface area (Å²) >= 11 is 0. The van der Waals surface area contributed by atoms with Crippen molar-refractivity contribution in [1.82, 2.24) is 24.2 Å². The number of pyridine rings is 1. The molecule has 10 heteroatoms. The van der Waals surface area contributed by atoms with Gasteiger partial charge in [0.15, 0.2) is 0 Å². The van der Waals surface area contributed by atoms with Crippen molar-refractivity contribution in [2.45, 2.75) is 33.2 Å². The maximum atomic E-state index is 13.5. The van der Waals surface area contributed by atoms with E-state index in [0.717, 1.165) is 14.8 Å². The van der Waals surface area contributed by atoms with Gasteiger partial charge in [-0.05, 0) is 50.5 Å². The van der Waals surface area contributed by atoms with Crippen LogP contribution in [-0.4, -0.2) is 55.8 Å². The Balaban J connectivity index is 1.77. The Bertz CT molecular complexity index is 1330. The third kappa shape index (κ3) is 5.21. The fourth-order valence-electron chi connectivity index (χ4n) is 4.08. The molecule has 1 amide bonds. The van der Waals surface area contributed by atoms with Crippen LogP contribution in [0.15, 0.2) is 58.4 Å². The smallest absolute Gasteiger partial charge is 0.352 e. The quantitative estimate of drug-likeness (QED) is 0.495. The van der Waals surface area contributed by atoms with Crippen molar-refractivity contribution in [3.63, 3.8) is 0 Å². The van der Waals surface area contributed by atoms with Crippen molar-refractivity contribution in [2.24, 2.45) is 5.92 Å². The van der Waals surface area contributed by atoms with Gasteiger partial charge < -0.3 is 9.64 Å². The van der Waals surface area contributed by atoms with Crippen LogP contribution < -0.4 is 11.2 Å². The maximum absolute atomic E-state index is 13.5. The van der Waals surface area contributed by atoms with Crippen LogP contribution >= 0.6 is 0 Å². The van der Waals surface area contributed by atoms with Crippen LogP contribution in [0, 0.1) is 12.8 Å². The average Bonchev–Trinajstić information content (AvgIpc) is 2.88. The summed E-state index contributed by atoms with van der Waals surface area (Å²) in [6.07, 6.45) is 4.34. The van der Waals surface area contributed by atoms with Gasteiger partial charge in [0, 0.05) is 25.5 Å². The van der Waals surface area contributed by atoms with Crippen LogP contribution in [0.1, 0.15) is 41.4 Å². The van der Waals surface area contributed by atoms with Gasteiger partial charge in [0.1, 0.15) is 0 Å². The molecule has 0 N–H and O–H groups in total. The lowest BCUT2D eigenvalue weighted by Gasteiger charge is -2.31. The number of amides is 1. The minimum Gasteiger partial charge on any atom is -0.466 e. The third-order valence-electron chi connectivity index (χ3n) is 5.93. The molecule has 3 heterocycles. The Morgan fingerprint density at radius 2 is 1.91 bits per heavy atom. The van der Waals surface area contributed by atoms with E-state index in [1.165, 1.54) is 4.90 Å². The van der Waals surface area contributed by atoms with E-state index in [4.69, 9.17) is 4.74 Å². The molecular formula is C25H27N5O5. The standard InChI is InChI=1S/C25H27N5O5/c1-3-35-24(33)19-7-5-13-28(16-19)22(31)21-23(32)29(15-18-6-4-12-26-14-18)25(34)30(27-21)20-10-8-17(2)9-11-20/h4,6,8-12,14,19H,3,5,7,13,15-16H2,1-2H3. The monoisotopic (exact) mass is 477 g/mol. The Morgan fingerprint density at radius 1 is 1.14 bits per heavy atom. The number of hydrogen-bond acceptors (Lipinski definition) is 7. The zero-order valence-corrected chi connectivity index (χ0v) is 19.7. The number of ether oxygens (including phenoxy) is 1. The van der Waals surface area contributed by atoms with E-state index in [1.807, 2.05) is 19.1 Å². The number of nitrogens with zero attached hydrogens (tertiary/aromatic N) is 5. The molecule has 3 aromatic rings. The normalized spacial score (nSPS) is 15.6. The lowest BCUT2D eigenvalue weighted by Crippen LogP contribution is -2.49. The summed E-state index contributed by atoms with van der Waals surface area (Å²) in [5, 5.41) is 4.20. The van der Waals surface area contributed by atoms with Crippen molar-refractivity contribution in [3.8, 4) is 5.69 Å². The van der Waals surface area contributed by atoms with E-state index in [1.54, 1.807) is 43.6 Å². The fraction of sp³-hybridized carbons (Fsp3) is 0.360. The first-order valence-electron chi connectivity index (χ1n) is 11.5. The highest BCUT2D eigenvalue weighted by molar-refractivity contribution is 5.92. The van der Waals surface area contributed by atoms with Crippen LogP contribution in [0.2, 0.25) is 0 Å². The molecule has 0 spiro atoms. The van der Waals surface area contributed by atoms with Crippen LogP contribution in [0.5, 0.6) is 0 Å². The van der Waals surface area contributed by atoms with Crippen molar-refractivity contribution < 1.29 is 14.3 Å². The molecule has 10 nitrogen and oxygen atoms in total. The van der Waals surface area contributed by atoms with E-state index in [0.29, 0.717) is 30.6 Å². The van der Waals surface area contributed by atoms with E-state index < -0.39 is 23.1 Å². The lowest BCUT2D eigenvalue weighted by molar-refractivity contribution is -0.149. The highest BCUT2D eigenvalue weighted by Crippen LogP contribution is 2.19. The minimum absolute atomic E-state index is 0.0639. The van der Waals surface area contributed by atoms with Gasteiger partial charge in [-0.25, -0.2) is 4.79 Å². The van der Waals surface area contributed by atoms with Crippen LogP contribution in [0.25, 0.3) is 5.69 Å². The van der Waals surface area contributed by atoms with Gasteiger partial charge in [0.05, 0.1) is 24.8 Å². The molecule has 1 saturated heterocycles. The molecule has 1 fully saturated rings. The fourth-order valence-corrected chi connectivity index (χ4v) is 4.08. The largest absolute Gasteiger partial charge is 0.466 e. The number of piperidine rings is 1. The van der Waals surface area contributed by atoms with Gasteiger partial charge in [0.25, 0.3) is 11.5 Å². The zero-order chi connectivity index (χ0) is 24.9. The third-order valence-corrected chi connectivity index (χ3v) is 5.93. The first-order chi connectivity index (χ1) is 16.9. The Labute approximate surface area is 201 Å². The second-order valence-corrected chi connectivity index (χ2v) is 8.47. The second kappa shape index (κ2) is 10.5. The van der Waals surface area contributed by atoms with E-state index in [-0.39, 0.29) is 31.4 Å². The Morgan fingerprint density at radius 3 is 2.60 bits per heavy atom. The summed E-state index contributed by atoms with van der Waals surface area (Å²) in [6.45, 7) is 4.34. The number of benzene rings is 1. The van der Waals surface area contributed by atoms with E-state index in [9.17, 15) is 19.2 Å². The summed E-state index contributed by atoms with van der Waals surface area (Å²) in [5.41, 5.74) is 0.219. The molecule has 2 aromatic heterocycles. The van der Waals surface area contributed by atoms with Crippen LogP contribution in [0.3, 0.4) is 0 Å². The summed E-state index contributed by atoms with van der Waals surface area (Å²) in [4.78, 5) is 57.9. The molecule has 35 heavy (non-hydrogen) atoms. The average molecular weight is 478 g/mol. The van der Waals surface area contributed by atoms with Crippen molar-refractivity contribution in [3.05, 3.63) is 86.5 Å². The predicted octanol–water partition coefficient (Wildman–Crippen LogP) is 1.56. The molecule has 1 aliphatic rings. The van der Waals surface area contributed by atoms with Gasteiger partial charge in [-0.15, -0.1) is 0 Å². The molecular weight excluding hydrogens is 450 g/mol. The van der Waals surface area contributed by atoms with E-state index in [2.05, 4.69) is 10.1 Å². The molecule has 1 aromatic carbocycles. The molecule has 0 saturated carbocycles. The molecule has 182 valence electrons. The van der Waals surface area contributed by atoms with Crippen molar-refractivity contribution in [2.75, 3.05) is 19.7 Å². The van der Waals surface area contributed by atoms with Crippen molar-refractivity contribution in [1.29, 1.82) is 0 Å². The number of aryl methyl sites for hydroxylation is 1. The molecule has 1 unspecified atom stereocenters. The second-order valence-electron chi connectivity index (χ2n) is 8.47. The number of likely N-dealkylation sites (tertiary alicyclic amines) is 1. The van der Waals surface area contributed by atoms with Gasteiger partial charge >= 0.3 is 11.7 Å². The maximum Gasteiger partial charge on any atom is 0.352 e. The lowest BCUT2D eigenvalue weighted by atomic mass is 9.98. The first-order valence-corrected chi connectivity index (χ1v) is 11.5. The molecule has 1 atom stereocenters. The van der Waals surface area contributed by atoms with Crippen molar-refractivity contribution >= 4 is 11.9 Å². The highest BCUT2D eigenvalue weighted by atomic mass is 16.5. The number of carbonyl (C=O) groups is 2. The summed E-state index contributed by atoms with van der Waals surface area (Å²) in [5.74, 6) is -1.45. The Hall–Kier alpha value is -4.08.